The van der Waals surface area contributed by atoms with E-state index in [9.17, 15) is 14.4 Å². The second-order valence-corrected chi connectivity index (χ2v) is 5.26. The van der Waals surface area contributed by atoms with Crippen LogP contribution in [0.1, 0.15) is 6.92 Å². The van der Waals surface area contributed by atoms with Crippen molar-refractivity contribution >= 4 is 35.1 Å². The third-order valence-electron chi connectivity index (χ3n) is 3.66. The Bertz CT molecular complexity index is 593. The summed E-state index contributed by atoms with van der Waals surface area (Å²) in [6.45, 7) is 1.94. The van der Waals surface area contributed by atoms with Gasteiger partial charge in [-0.15, -0.1) is 0 Å². The maximum absolute atomic E-state index is 12.2. The Hall–Kier alpha value is -1.88. The molecule has 0 bridgehead atoms. The highest BCUT2D eigenvalue weighted by Crippen LogP contribution is 2.54. The number of piperidine rings is 1. The number of hydrogen-bond acceptors (Lipinski definition) is 4. The van der Waals surface area contributed by atoms with Crippen LogP contribution in [0.15, 0.2) is 24.3 Å². The molecule has 0 radical (unpaired) electrons. The Labute approximate surface area is 120 Å². The van der Waals surface area contributed by atoms with Crippen molar-refractivity contribution in [1.29, 1.82) is 0 Å². The van der Waals surface area contributed by atoms with E-state index < -0.39 is 23.7 Å². The molecule has 2 unspecified atom stereocenters. The average Bonchev–Trinajstić information content (AvgIpc) is 3.08. The van der Waals surface area contributed by atoms with Gasteiger partial charge in [-0.05, 0) is 25.1 Å². The fraction of sp³-hybridized carbons (Fsp3) is 0.357. The van der Waals surface area contributed by atoms with Crippen LogP contribution in [0, 0.1) is 17.8 Å². The van der Waals surface area contributed by atoms with E-state index in [1.165, 1.54) is 0 Å². The van der Waals surface area contributed by atoms with Gasteiger partial charge in [-0.1, -0.05) is 17.7 Å². The van der Waals surface area contributed by atoms with Crippen molar-refractivity contribution in [2.24, 2.45) is 17.8 Å². The normalized spacial score (nSPS) is 27.5. The van der Waals surface area contributed by atoms with Gasteiger partial charge in [-0.3, -0.25) is 14.4 Å². The van der Waals surface area contributed by atoms with Crippen molar-refractivity contribution in [3.8, 4) is 0 Å². The van der Waals surface area contributed by atoms with Gasteiger partial charge in [0.05, 0.1) is 30.0 Å². The van der Waals surface area contributed by atoms with Crippen LogP contribution in [0.5, 0.6) is 0 Å². The zero-order valence-electron chi connectivity index (χ0n) is 10.7. The number of imide groups is 1. The van der Waals surface area contributed by atoms with Gasteiger partial charge in [0.1, 0.15) is 0 Å². The summed E-state index contributed by atoms with van der Waals surface area (Å²) in [6.07, 6.45) is 0. The Kier molecular flexibility index (Phi) is 3.01. The van der Waals surface area contributed by atoms with Crippen molar-refractivity contribution in [2.45, 2.75) is 6.92 Å². The number of rotatable bonds is 3. The molecule has 104 valence electrons. The first-order valence-electron chi connectivity index (χ1n) is 6.36. The zero-order valence-corrected chi connectivity index (χ0v) is 11.5. The van der Waals surface area contributed by atoms with Crippen LogP contribution in [0.3, 0.4) is 0 Å². The molecule has 2 amide bonds. The molecule has 1 saturated heterocycles. The van der Waals surface area contributed by atoms with E-state index in [-0.39, 0.29) is 18.4 Å². The molecule has 3 rings (SSSR count). The third kappa shape index (κ3) is 1.81. The van der Waals surface area contributed by atoms with Gasteiger partial charge in [0.15, 0.2) is 0 Å². The lowest BCUT2D eigenvalue weighted by molar-refractivity contribution is -0.147. The molecule has 1 saturated carbocycles. The summed E-state index contributed by atoms with van der Waals surface area (Å²) in [6, 6.07) is 6.54. The van der Waals surface area contributed by atoms with Crippen LogP contribution >= 0.6 is 11.6 Å². The van der Waals surface area contributed by atoms with E-state index >= 15 is 0 Å². The number of carbonyl (C=O) groups is 3. The van der Waals surface area contributed by atoms with Crippen LogP contribution in [0.25, 0.3) is 0 Å². The summed E-state index contributed by atoms with van der Waals surface area (Å²) in [5, 5.41) is 0.450. The molecule has 0 N–H and O–H groups in total. The lowest BCUT2D eigenvalue weighted by Crippen LogP contribution is -2.36. The molecule has 2 fully saturated rings. The number of carbonyl (C=O) groups excluding carboxylic acids is 3. The van der Waals surface area contributed by atoms with Crippen LogP contribution in [0.4, 0.5) is 5.69 Å². The molecule has 0 spiro atoms. The van der Waals surface area contributed by atoms with Crippen molar-refractivity contribution in [1.82, 2.24) is 0 Å². The molecule has 2 aliphatic rings. The standard InChI is InChI=1S/C14H12ClNO4/c1-2-20-14(19)11-9-10(11)13(18)16(12(9)17)8-5-3-4-7(15)6-8/h3-6,9-11H,2H2,1H3. The van der Waals surface area contributed by atoms with Gasteiger partial charge in [0.25, 0.3) is 0 Å². The molecular weight excluding hydrogens is 282 g/mol. The van der Waals surface area contributed by atoms with Crippen LogP contribution in [0.2, 0.25) is 5.02 Å². The second kappa shape index (κ2) is 4.59. The minimum atomic E-state index is -0.606. The quantitative estimate of drug-likeness (QED) is 0.628. The molecule has 1 heterocycles. The lowest BCUT2D eigenvalue weighted by atomic mass is 10.2. The number of benzene rings is 1. The number of fused-ring (bicyclic) bond motifs is 1. The van der Waals surface area contributed by atoms with Crippen LogP contribution < -0.4 is 4.90 Å². The molecular formula is C14H12ClNO4. The van der Waals surface area contributed by atoms with Crippen molar-refractivity contribution in [2.75, 3.05) is 11.5 Å². The number of ether oxygens (including phenoxy) is 1. The van der Waals surface area contributed by atoms with E-state index in [0.29, 0.717) is 10.7 Å². The highest BCUT2D eigenvalue weighted by Gasteiger charge is 2.71. The van der Waals surface area contributed by atoms with Gasteiger partial charge in [-0.25, -0.2) is 4.90 Å². The number of anilines is 1. The first kappa shape index (κ1) is 13.1. The minimum Gasteiger partial charge on any atom is -0.466 e. The van der Waals surface area contributed by atoms with E-state index in [0.717, 1.165) is 4.90 Å². The van der Waals surface area contributed by atoms with Gasteiger partial charge in [0, 0.05) is 5.02 Å². The summed E-state index contributed by atoms with van der Waals surface area (Å²) in [7, 11) is 0. The van der Waals surface area contributed by atoms with Gasteiger partial charge in [0.2, 0.25) is 11.8 Å². The fourth-order valence-electron chi connectivity index (χ4n) is 2.73. The first-order chi connectivity index (χ1) is 9.56. The average molecular weight is 294 g/mol. The molecule has 1 aliphatic heterocycles. The summed E-state index contributed by atoms with van der Waals surface area (Å²) in [5.74, 6) is -2.90. The first-order valence-corrected chi connectivity index (χ1v) is 6.74. The molecule has 1 aromatic rings. The molecule has 6 heteroatoms. The molecule has 1 aliphatic carbocycles. The van der Waals surface area contributed by atoms with Crippen LogP contribution in [-0.2, 0) is 19.1 Å². The summed E-state index contributed by atoms with van der Waals surface area (Å²) in [5.41, 5.74) is 0.447. The predicted molar refractivity (Wildman–Crippen MR) is 71.0 cm³/mol. The predicted octanol–water partition coefficient (Wildman–Crippen LogP) is 1.64. The number of halogens is 1. The van der Waals surface area contributed by atoms with Crippen LogP contribution in [-0.4, -0.2) is 24.4 Å². The molecule has 1 aromatic carbocycles. The highest BCUT2D eigenvalue weighted by atomic mass is 35.5. The van der Waals surface area contributed by atoms with E-state index in [1.54, 1.807) is 31.2 Å². The van der Waals surface area contributed by atoms with Gasteiger partial charge in [-0.2, -0.15) is 0 Å². The van der Waals surface area contributed by atoms with Crippen molar-refractivity contribution < 1.29 is 19.1 Å². The fourth-order valence-corrected chi connectivity index (χ4v) is 2.92. The number of nitrogens with zero attached hydrogens (tertiary/aromatic N) is 1. The van der Waals surface area contributed by atoms with Crippen molar-refractivity contribution in [3.63, 3.8) is 0 Å². The Morgan fingerprint density at radius 2 is 1.95 bits per heavy atom. The summed E-state index contributed by atoms with van der Waals surface area (Å²) in [4.78, 5) is 37.2. The molecule has 20 heavy (non-hydrogen) atoms. The number of hydrogen-bond donors (Lipinski definition) is 0. The molecule has 5 nitrogen and oxygen atoms in total. The van der Waals surface area contributed by atoms with E-state index in [2.05, 4.69) is 0 Å². The largest absolute Gasteiger partial charge is 0.466 e. The monoisotopic (exact) mass is 293 g/mol. The lowest BCUT2D eigenvalue weighted by Gasteiger charge is -2.18. The summed E-state index contributed by atoms with van der Waals surface area (Å²) >= 11 is 5.86. The van der Waals surface area contributed by atoms with Crippen molar-refractivity contribution in [3.05, 3.63) is 29.3 Å². The minimum absolute atomic E-state index is 0.245. The summed E-state index contributed by atoms with van der Waals surface area (Å²) < 4.78 is 4.88. The maximum Gasteiger partial charge on any atom is 0.310 e. The Morgan fingerprint density at radius 1 is 1.30 bits per heavy atom. The SMILES string of the molecule is CCOC(=O)C1C2C(=O)N(c3cccc(Cl)c3)C(=O)C12. The zero-order chi connectivity index (χ0) is 14.4. The molecule has 2 atom stereocenters. The maximum atomic E-state index is 12.2. The smallest absolute Gasteiger partial charge is 0.310 e. The highest BCUT2D eigenvalue weighted by molar-refractivity contribution is 6.32. The second-order valence-electron chi connectivity index (χ2n) is 4.82. The topological polar surface area (TPSA) is 63.7 Å². The molecule has 0 aromatic heterocycles. The Morgan fingerprint density at radius 3 is 2.50 bits per heavy atom. The van der Waals surface area contributed by atoms with Gasteiger partial charge >= 0.3 is 5.97 Å². The number of amides is 2. The Balaban J connectivity index is 1.82. The number of esters is 1. The van der Waals surface area contributed by atoms with E-state index in [1.807, 2.05) is 0 Å². The third-order valence-corrected chi connectivity index (χ3v) is 3.89. The van der Waals surface area contributed by atoms with Gasteiger partial charge < -0.3 is 4.74 Å². The van der Waals surface area contributed by atoms with E-state index in [4.69, 9.17) is 16.3 Å².